The smallest absolute Gasteiger partial charge is 0.255 e. The van der Waals surface area contributed by atoms with Crippen molar-refractivity contribution in [2.75, 3.05) is 6.26 Å². The average Bonchev–Trinajstić information content (AvgIpc) is 2.83. The molecule has 2 atom stereocenters. The Morgan fingerprint density at radius 3 is 2.83 bits per heavy atom. The maximum atomic E-state index is 12.9. The number of fused-ring (bicyclic) bond motifs is 1. The number of hydrogen-bond donors (Lipinski definition) is 1. The number of aliphatic hydroxyl groups is 1. The first-order chi connectivity index (χ1) is 11.8. The average molecular weight is 340 g/mol. The molecule has 0 aromatic carbocycles. The SMILES string of the molecule is [2H]C([2H])([2H])c1cc2cnc(S(C)(=O)=O)nc2n(C2CCC[C@@]2(C)O)c1=O. The van der Waals surface area contributed by atoms with Crippen LogP contribution in [0.1, 0.15) is 41.9 Å². The Kier molecular flexibility index (Phi) is 2.80. The molecule has 2 aromatic heterocycles. The fourth-order valence-corrected chi connectivity index (χ4v) is 3.61. The summed E-state index contributed by atoms with van der Waals surface area (Å²) in [6.45, 7) is -1.09. The fourth-order valence-electron chi connectivity index (χ4n) is 3.11. The Hall–Kier alpha value is -1.80. The summed E-state index contributed by atoms with van der Waals surface area (Å²) in [5.41, 5.74) is -2.45. The highest BCUT2D eigenvalue weighted by Gasteiger charge is 2.39. The van der Waals surface area contributed by atoms with Crippen LogP contribution in [0.5, 0.6) is 0 Å². The standard InChI is InChI=1S/C15H19N3O4S/c1-9-7-10-8-16-14(23(3,21)22)17-12(10)18(13(9)19)11-5-4-6-15(11,2)20/h7-8,11,20H,4-6H2,1-3H3/t11?,15-/m1/s1/i1D3. The summed E-state index contributed by atoms with van der Waals surface area (Å²) in [4.78, 5) is 20.7. The van der Waals surface area contributed by atoms with Gasteiger partial charge in [0.05, 0.1) is 11.6 Å². The normalized spacial score (nSPS) is 27.6. The van der Waals surface area contributed by atoms with E-state index in [1.165, 1.54) is 6.20 Å². The van der Waals surface area contributed by atoms with Crippen LogP contribution in [-0.2, 0) is 9.84 Å². The molecular weight excluding hydrogens is 318 g/mol. The number of hydrogen-bond acceptors (Lipinski definition) is 6. The summed E-state index contributed by atoms with van der Waals surface area (Å²) in [6, 6.07) is 0.457. The van der Waals surface area contributed by atoms with Gasteiger partial charge in [-0.3, -0.25) is 9.36 Å². The van der Waals surface area contributed by atoms with Crippen molar-refractivity contribution in [1.82, 2.24) is 14.5 Å². The predicted molar refractivity (Wildman–Crippen MR) is 85.2 cm³/mol. The number of sulfone groups is 1. The molecule has 1 unspecified atom stereocenters. The summed E-state index contributed by atoms with van der Waals surface area (Å²) >= 11 is 0. The number of nitrogens with zero attached hydrogens (tertiary/aromatic N) is 3. The van der Waals surface area contributed by atoms with E-state index in [9.17, 15) is 18.3 Å². The molecule has 3 rings (SSSR count). The Morgan fingerprint density at radius 2 is 2.26 bits per heavy atom. The molecule has 2 heterocycles. The van der Waals surface area contributed by atoms with Crippen LogP contribution in [0.4, 0.5) is 0 Å². The Balaban J connectivity index is 2.44. The lowest BCUT2D eigenvalue weighted by Gasteiger charge is -2.28. The van der Waals surface area contributed by atoms with E-state index in [1.807, 2.05) is 0 Å². The highest BCUT2D eigenvalue weighted by molar-refractivity contribution is 7.90. The van der Waals surface area contributed by atoms with Gasteiger partial charge < -0.3 is 5.11 Å². The van der Waals surface area contributed by atoms with Crippen LogP contribution in [0.3, 0.4) is 0 Å². The topological polar surface area (TPSA) is 102 Å². The van der Waals surface area contributed by atoms with Gasteiger partial charge in [-0.25, -0.2) is 13.4 Å². The third-order valence-corrected chi connectivity index (χ3v) is 5.13. The van der Waals surface area contributed by atoms with Crippen molar-refractivity contribution >= 4 is 20.9 Å². The van der Waals surface area contributed by atoms with Gasteiger partial charge in [0.1, 0.15) is 5.65 Å². The molecule has 8 heteroatoms. The van der Waals surface area contributed by atoms with Gasteiger partial charge in [0.2, 0.25) is 15.0 Å². The molecular formula is C15H19N3O4S. The van der Waals surface area contributed by atoms with Gasteiger partial charge in [-0.1, -0.05) is 0 Å². The lowest BCUT2D eigenvalue weighted by atomic mass is 9.99. The van der Waals surface area contributed by atoms with E-state index >= 15 is 0 Å². The summed E-state index contributed by atoms with van der Waals surface area (Å²) in [5.74, 6) is 0. The number of pyridine rings is 1. The monoisotopic (exact) mass is 340 g/mol. The van der Waals surface area contributed by atoms with Crippen molar-refractivity contribution in [3.05, 3.63) is 28.2 Å². The van der Waals surface area contributed by atoms with Gasteiger partial charge in [0.25, 0.3) is 5.56 Å². The minimum absolute atomic E-state index is 0.00519. The zero-order valence-electron chi connectivity index (χ0n) is 15.8. The summed E-state index contributed by atoms with van der Waals surface area (Å²) in [5, 5.41) is 10.4. The van der Waals surface area contributed by atoms with E-state index in [0.717, 1.165) is 16.9 Å². The van der Waals surface area contributed by atoms with Gasteiger partial charge in [-0.15, -0.1) is 0 Å². The minimum Gasteiger partial charge on any atom is -0.388 e. The fraction of sp³-hybridized carbons (Fsp3) is 0.533. The Bertz CT molecular complexity index is 1040. The molecule has 0 aliphatic heterocycles. The first-order valence-corrected chi connectivity index (χ1v) is 9.07. The van der Waals surface area contributed by atoms with Gasteiger partial charge in [-0.05, 0) is 39.1 Å². The molecule has 124 valence electrons. The first kappa shape index (κ1) is 12.6. The second-order valence-electron chi connectivity index (χ2n) is 6.20. The molecule has 0 radical (unpaired) electrons. The number of rotatable bonds is 2. The molecule has 2 aromatic rings. The van der Waals surface area contributed by atoms with Gasteiger partial charge in [-0.2, -0.15) is 4.98 Å². The lowest BCUT2D eigenvalue weighted by molar-refractivity contribution is 0.0266. The molecule has 1 saturated carbocycles. The molecule has 7 nitrogen and oxygen atoms in total. The van der Waals surface area contributed by atoms with E-state index in [-0.39, 0.29) is 11.0 Å². The van der Waals surface area contributed by atoms with Crippen LogP contribution in [0.2, 0.25) is 0 Å². The van der Waals surface area contributed by atoms with Crippen molar-refractivity contribution < 1.29 is 17.6 Å². The van der Waals surface area contributed by atoms with Crippen molar-refractivity contribution in [1.29, 1.82) is 0 Å². The summed E-state index contributed by atoms with van der Waals surface area (Å²) in [6.07, 6.45) is 3.67. The quantitative estimate of drug-likeness (QED) is 0.818. The lowest BCUT2D eigenvalue weighted by Crippen LogP contribution is -2.38. The van der Waals surface area contributed by atoms with Crippen LogP contribution in [-0.4, -0.2) is 39.9 Å². The van der Waals surface area contributed by atoms with Crippen molar-refractivity contribution in [3.8, 4) is 0 Å². The third kappa shape index (κ3) is 2.66. The van der Waals surface area contributed by atoms with Gasteiger partial charge in [0.15, 0.2) is 0 Å². The van der Waals surface area contributed by atoms with E-state index in [1.54, 1.807) is 6.92 Å². The Labute approximate surface area is 138 Å². The zero-order valence-corrected chi connectivity index (χ0v) is 13.6. The predicted octanol–water partition coefficient (Wildman–Crippen LogP) is 0.979. The van der Waals surface area contributed by atoms with Gasteiger partial charge >= 0.3 is 0 Å². The molecule has 1 aliphatic rings. The zero-order chi connectivity index (χ0) is 19.5. The first-order valence-electron chi connectivity index (χ1n) is 8.67. The molecule has 0 bridgehead atoms. The van der Waals surface area contributed by atoms with Crippen LogP contribution < -0.4 is 5.56 Å². The summed E-state index contributed by atoms with van der Waals surface area (Å²) in [7, 11) is -3.73. The van der Waals surface area contributed by atoms with Crippen molar-refractivity contribution in [3.63, 3.8) is 0 Å². The maximum absolute atomic E-state index is 12.9. The number of aryl methyl sites for hydroxylation is 1. The van der Waals surface area contributed by atoms with Crippen molar-refractivity contribution in [2.24, 2.45) is 0 Å². The second-order valence-corrected chi connectivity index (χ2v) is 8.11. The molecule has 1 aliphatic carbocycles. The van der Waals surface area contributed by atoms with Crippen LogP contribution >= 0.6 is 0 Å². The van der Waals surface area contributed by atoms with E-state index in [0.29, 0.717) is 19.3 Å². The molecule has 0 amide bonds. The minimum atomic E-state index is -3.73. The van der Waals surface area contributed by atoms with Gasteiger partial charge in [0, 0.05) is 27.5 Å². The van der Waals surface area contributed by atoms with Crippen LogP contribution in [0, 0.1) is 6.85 Å². The van der Waals surface area contributed by atoms with E-state index in [4.69, 9.17) is 4.11 Å². The largest absolute Gasteiger partial charge is 0.388 e. The number of aromatic nitrogens is 3. The van der Waals surface area contributed by atoms with Crippen LogP contribution in [0.25, 0.3) is 11.0 Å². The van der Waals surface area contributed by atoms with E-state index < -0.39 is 44.6 Å². The molecule has 1 N–H and O–H groups in total. The Morgan fingerprint density at radius 1 is 1.52 bits per heavy atom. The third-order valence-electron chi connectivity index (χ3n) is 4.27. The molecule has 0 saturated heterocycles. The molecule has 0 spiro atoms. The highest BCUT2D eigenvalue weighted by atomic mass is 32.2. The molecule has 23 heavy (non-hydrogen) atoms. The maximum Gasteiger partial charge on any atom is 0.255 e. The van der Waals surface area contributed by atoms with Crippen molar-refractivity contribution in [2.45, 2.75) is 49.8 Å². The van der Waals surface area contributed by atoms with Crippen LogP contribution in [0.15, 0.2) is 22.2 Å². The second kappa shape index (κ2) is 5.10. The highest BCUT2D eigenvalue weighted by Crippen LogP contribution is 2.39. The van der Waals surface area contributed by atoms with E-state index in [2.05, 4.69) is 9.97 Å². The molecule has 1 fully saturated rings. The summed E-state index contributed by atoms with van der Waals surface area (Å²) < 4.78 is 47.6.